The maximum Gasteiger partial charge on any atom is 0.264 e. The van der Waals surface area contributed by atoms with E-state index in [1.807, 2.05) is 0 Å². The Bertz CT molecular complexity index is 304. The molecule has 0 aliphatic heterocycles. The summed E-state index contributed by atoms with van der Waals surface area (Å²) in [6.45, 7) is 0. The van der Waals surface area contributed by atoms with Crippen molar-refractivity contribution >= 4 is 21.4 Å². The van der Waals surface area contributed by atoms with Gasteiger partial charge in [0, 0.05) is 0 Å². The molecule has 0 atom stereocenters. The number of thiophene rings is 1. The standard InChI is InChI=1S/C4H6N2O3S2/c7-5-6-11(8,9)4-2-1-3-10-4/h1-3,5-7H. The van der Waals surface area contributed by atoms with Crippen LogP contribution in [-0.4, -0.2) is 13.6 Å². The molecule has 0 unspecified atom stereocenters. The van der Waals surface area contributed by atoms with Crippen molar-refractivity contribution in [2.75, 3.05) is 0 Å². The smallest absolute Gasteiger partial charge is 0.264 e. The van der Waals surface area contributed by atoms with E-state index in [0.29, 0.717) is 0 Å². The van der Waals surface area contributed by atoms with Crippen molar-refractivity contribution in [1.29, 1.82) is 0 Å². The van der Waals surface area contributed by atoms with Gasteiger partial charge < -0.3 is 5.21 Å². The summed E-state index contributed by atoms with van der Waals surface area (Å²) in [6, 6.07) is 3.04. The molecule has 0 radical (unpaired) electrons. The second-order valence-electron chi connectivity index (χ2n) is 1.65. The first-order valence-electron chi connectivity index (χ1n) is 2.61. The van der Waals surface area contributed by atoms with Crippen molar-refractivity contribution in [2.45, 2.75) is 4.21 Å². The number of hydrogen-bond donors (Lipinski definition) is 3. The number of rotatable bonds is 3. The van der Waals surface area contributed by atoms with Crippen LogP contribution in [0.4, 0.5) is 0 Å². The first-order chi connectivity index (χ1) is 5.17. The SMILES string of the molecule is O=S(=O)(NNO)c1cccs1. The molecule has 5 nitrogen and oxygen atoms in total. The maximum atomic E-state index is 11.0. The van der Waals surface area contributed by atoms with Crippen molar-refractivity contribution in [3.05, 3.63) is 17.5 Å². The lowest BCUT2D eigenvalue weighted by Crippen LogP contribution is -2.34. The highest BCUT2D eigenvalue weighted by molar-refractivity contribution is 7.91. The zero-order valence-corrected chi connectivity index (χ0v) is 6.95. The van der Waals surface area contributed by atoms with Gasteiger partial charge >= 0.3 is 0 Å². The van der Waals surface area contributed by atoms with E-state index < -0.39 is 10.0 Å². The predicted octanol–water partition coefficient (Wildman–Crippen LogP) is -0.0798. The van der Waals surface area contributed by atoms with Crippen LogP contribution in [0.5, 0.6) is 0 Å². The first kappa shape index (κ1) is 8.62. The van der Waals surface area contributed by atoms with E-state index in [9.17, 15) is 8.42 Å². The van der Waals surface area contributed by atoms with Gasteiger partial charge in [0.2, 0.25) is 0 Å². The van der Waals surface area contributed by atoms with Gasteiger partial charge in [-0.25, -0.2) is 8.42 Å². The van der Waals surface area contributed by atoms with Crippen molar-refractivity contribution in [3.63, 3.8) is 0 Å². The molecule has 7 heteroatoms. The third kappa shape index (κ3) is 1.98. The van der Waals surface area contributed by atoms with E-state index in [1.165, 1.54) is 11.7 Å². The minimum atomic E-state index is -3.56. The second kappa shape index (κ2) is 3.28. The number of hydrogen-bond acceptors (Lipinski definition) is 5. The summed E-state index contributed by atoms with van der Waals surface area (Å²) in [4.78, 5) is 1.71. The van der Waals surface area contributed by atoms with E-state index in [2.05, 4.69) is 0 Å². The molecule has 11 heavy (non-hydrogen) atoms. The average Bonchev–Trinajstić information content (AvgIpc) is 2.37. The van der Waals surface area contributed by atoms with E-state index in [4.69, 9.17) is 5.21 Å². The minimum Gasteiger partial charge on any atom is -0.301 e. The zero-order chi connectivity index (χ0) is 8.32. The predicted molar refractivity (Wildman–Crippen MR) is 39.6 cm³/mol. The lowest BCUT2D eigenvalue weighted by molar-refractivity contribution is 0.148. The highest BCUT2D eigenvalue weighted by Crippen LogP contribution is 2.14. The Hall–Kier alpha value is -0.470. The molecule has 0 saturated heterocycles. The van der Waals surface area contributed by atoms with E-state index in [1.54, 1.807) is 16.3 Å². The normalized spacial score (nSPS) is 11.7. The summed E-state index contributed by atoms with van der Waals surface area (Å²) in [6.07, 6.45) is 0. The van der Waals surface area contributed by atoms with Crippen LogP contribution in [0.1, 0.15) is 0 Å². The summed E-state index contributed by atoms with van der Waals surface area (Å²) in [5.41, 5.74) is 1.36. The monoisotopic (exact) mass is 194 g/mol. The van der Waals surface area contributed by atoms with Gasteiger partial charge in [-0.15, -0.1) is 21.8 Å². The molecule has 1 heterocycles. The molecule has 3 N–H and O–H groups in total. The van der Waals surface area contributed by atoms with E-state index >= 15 is 0 Å². The Labute approximate surface area is 67.7 Å². The van der Waals surface area contributed by atoms with Crippen LogP contribution >= 0.6 is 11.3 Å². The lowest BCUT2D eigenvalue weighted by Gasteiger charge is -1.98. The molecule has 1 rings (SSSR count). The van der Waals surface area contributed by atoms with Gasteiger partial charge in [-0.1, -0.05) is 6.07 Å². The van der Waals surface area contributed by atoms with Crippen molar-refractivity contribution in [2.24, 2.45) is 0 Å². The number of nitrogens with one attached hydrogen (secondary N) is 2. The molecule has 1 aromatic rings. The van der Waals surface area contributed by atoms with Crippen molar-refractivity contribution in [1.82, 2.24) is 10.4 Å². The van der Waals surface area contributed by atoms with Crippen LogP contribution in [0, 0.1) is 0 Å². The Morgan fingerprint density at radius 1 is 1.55 bits per heavy atom. The summed E-state index contributed by atoms with van der Waals surface area (Å²) < 4.78 is 22.1. The fraction of sp³-hybridized carbons (Fsp3) is 0. The third-order valence-electron chi connectivity index (χ3n) is 0.940. The highest BCUT2D eigenvalue weighted by Gasteiger charge is 2.12. The average molecular weight is 194 g/mol. The zero-order valence-electron chi connectivity index (χ0n) is 5.31. The lowest BCUT2D eigenvalue weighted by atomic mass is 10.7. The third-order valence-corrected chi connectivity index (χ3v) is 3.57. The first-order valence-corrected chi connectivity index (χ1v) is 4.97. The molecule has 1 aromatic heterocycles. The molecule has 0 aliphatic rings. The summed E-state index contributed by atoms with van der Waals surface area (Å²) in [7, 11) is -3.56. The Morgan fingerprint density at radius 3 is 2.73 bits per heavy atom. The van der Waals surface area contributed by atoms with Gasteiger partial charge in [0.1, 0.15) is 4.21 Å². The molecule has 0 fully saturated rings. The van der Waals surface area contributed by atoms with Gasteiger partial charge in [0.05, 0.1) is 0 Å². The van der Waals surface area contributed by atoms with Crippen LogP contribution in [0.2, 0.25) is 0 Å². The molecule has 0 amide bonds. The quantitative estimate of drug-likeness (QED) is 0.588. The van der Waals surface area contributed by atoms with Crippen LogP contribution in [0.25, 0.3) is 0 Å². The van der Waals surface area contributed by atoms with Crippen LogP contribution < -0.4 is 10.4 Å². The van der Waals surface area contributed by atoms with Crippen LogP contribution in [0.3, 0.4) is 0 Å². The molecule has 0 aromatic carbocycles. The summed E-state index contributed by atoms with van der Waals surface area (Å²) >= 11 is 1.07. The fourth-order valence-electron chi connectivity index (χ4n) is 0.527. The Kier molecular flexibility index (Phi) is 2.58. The van der Waals surface area contributed by atoms with Gasteiger partial charge in [-0.05, 0) is 11.4 Å². The van der Waals surface area contributed by atoms with Crippen LogP contribution in [0.15, 0.2) is 21.7 Å². The van der Waals surface area contributed by atoms with Gasteiger partial charge in [0.15, 0.2) is 0 Å². The Morgan fingerprint density at radius 2 is 2.27 bits per heavy atom. The number of sulfonamides is 1. The molecule has 0 saturated carbocycles. The van der Waals surface area contributed by atoms with Crippen LogP contribution in [-0.2, 0) is 10.0 Å². The molecular formula is C4H6N2O3S2. The molecular weight excluding hydrogens is 188 g/mol. The fourth-order valence-corrected chi connectivity index (χ4v) is 2.25. The largest absolute Gasteiger partial charge is 0.301 e. The van der Waals surface area contributed by atoms with E-state index in [0.717, 1.165) is 11.3 Å². The molecule has 0 spiro atoms. The number of hydrazine groups is 1. The van der Waals surface area contributed by atoms with Crippen molar-refractivity contribution < 1.29 is 13.6 Å². The van der Waals surface area contributed by atoms with Gasteiger partial charge in [0.25, 0.3) is 10.0 Å². The highest BCUT2D eigenvalue weighted by atomic mass is 32.2. The second-order valence-corrected chi connectivity index (χ2v) is 4.51. The molecule has 0 aliphatic carbocycles. The Balaban J connectivity index is 2.92. The van der Waals surface area contributed by atoms with Gasteiger partial charge in [-0.3, -0.25) is 0 Å². The maximum absolute atomic E-state index is 11.0. The summed E-state index contributed by atoms with van der Waals surface area (Å²) in [5, 5.41) is 9.70. The molecule has 62 valence electrons. The topological polar surface area (TPSA) is 78.4 Å². The van der Waals surface area contributed by atoms with E-state index in [-0.39, 0.29) is 4.21 Å². The molecule has 0 bridgehead atoms. The van der Waals surface area contributed by atoms with Gasteiger partial charge in [-0.2, -0.15) is 0 Å². The summed E-state index contributed by atoms with van der Waals surface area (Å²) in [5.74, 6) is 0. The minimum absolute atomic E-state index is 0.152. The van der Waals surface area contributed by atoms with Crippen molar-refractivity contribution in [3.8, 4) is 0 Å².